The van der Waals surface area contributed by atoms with Crippen LogP contribution in [0.3, 0.4) is 0 Å². The molecule has 2 aromatic rings. The Balaban J connectivity index is 0.00000161. The van der Waals surface area contributed by atoms with Crippen molar-refractivity contribution in [1.82, 2.24) is 20.4 Å². The van der Waals surface area contributed by atoms with Gasteiger partial charge >= 0.3 is 0 Å². The fourth-order valence-corrected chi connectivity index (χ4v) is 2.54. The molecule has 3 rings (SSSR count). The van der Waals surface area contributed by atoms with Crippen molar-refractivity contribution in [3.8, 4) is 11.7 Å². The first-order valence-electron chi connectivity index (χ1n) is 7.03. The van der Waals surface area contributed by atoms with Crippen molar-refractivity contribution >= 4 is 12.4 Å². The van der Waals surface area contributed by atoms with Gasteiger partial charge in [0.2, 0.25) is 0 Å². The Morgan fingerprint density at radius 1 is 1.48 bits per heavy atom. The molecule has 7 heteroatoms. The summed E-state index contributed by atoms with van der Waals surface area (Å²) in [6, 6.07) is 2.11. The molecule has 2 aromatic heterocycles. The van der Waals surface area contributed by atoms with E-state index in [2.05, 4.69) is 34.3 Å². The molecule has 1 N–H and O–H groups in total. The molecular weight excluding hydrogens is 292 g/mol. The number of hydrogen-bond acceptors (Lipinski definition) is 6. The summed E-state index contributed by atoms with van der Waals surface area (Å²) < 4.78 is 11.1. The summed E-state index contributed by atoms with van der Waals surface area (Å²) in [7, 11) is 2.08. The zero-order valence-corrected chi connectivity index (χ0v) is 13.4. The quantitative estimate of drug-likeness (QED) is 0.937. The summed E-state index contributed by atoms with van der Waals surface area (Å²) in [5, 5.41) is 7.45. The summed E-state index contributed by atoms with van der Waals surface area (Å²) in [5.41, 5.74) is 1.12. The molecule has 1 saturated heterocycles. The van der Waals surface area contributed by atoms with Crippen LogP contribution >= 0.6 is 12.4 Å². The zero-order chi connectivity index (χ0) is 14.1. The monoisotopic (exact) mass is 312 g/mol. The van der Waals surface area contributed by atoms with Crippen LogP contribution in [0.5, 0.6) is 0 Å². The lowest BCUT2D eigenvalue weighted by atomic mass is 10.2. The highest BCUT2D eigenvalue weighted by atomic mass is 35.5. The lowest BCUT2D eigenvalue weighted by Gasteiger charge is -2.30. The van der Waals surface area contributed by atoms with Crippen LogP contribution in [0.4, 0.5) is 0 Å². The largest absolute Gasteiger partial charge is 0.456 e. The van der Waals surface area contributed by atoms with E-state index in [4.69, 9.17) is 8.94 Å². The van der Waals surface area contributed by atoms with Crippen molar-refractivity contribution in [3.63, 3.8) is 0 Å². The molecule has 0 spiro atoms. The third kappa shape index (κ3) is 3.12. The van der Waals surface area contributed by atoms with E-state index in [-0.39, 0.29) is 18.4 Å². The van der Waals surface area contributed by atoms with Gasteiger partial charge in [-0.25, -0.2) is 0 Å². The van der Waals surface area contributed by atoms with Crippen molar-refractivity contribution in [2.75, 3.05) is 26.7 Å². The molecule has 1 aliphatic rings. The number of aromatic nitrogens is 2. The molecule has 1 unspecified atom stereocenters. The highest BCUT2D eigenvalue weighted by Gasteiger charge is 2.26. The number of halogens is 1. The molecule has 21 heavy (non-hydrogen) atoms. The second-order valence-corrected chi connectivity index (χ2v) is 5.23. The molecule has 1 atom stereocenters. The smallest absolute Gasteiger partial charge is 0.293 e. The Kier molecular flexibility index (Phi) is 5.03. The van der Waals surface area contributed by atoms with E-state index in [9.17, 15) is 0 Å². The summed E-state index contributed by atoms with van der Waals surface area (Å²) in [6.07, 6.45) is 0.863. The fourth-order valence-electron chi connectivity index (χ4n) is 2.54. The maximum absolute atomic E-state index is 5.75. The summed E-state index contributed by atoms with van der Waals surface area (Å²) in [4.78, 5) is 6.72. The van der Waals surface area contributed by atoms with Gasteiger partial charge in [-0.1, -0.05) is 12.1 Å². The van der Waals surface area contributed by atoms with Crippen LogP contribution in [0, 0.1) is 6.92 Å². The van der Waals surface area contributed by atoms with Crippen LogP contribution in [0.2, 0.25) is 0 Å². The average Bonchev–Trinajstić information content (AvgIpc) is 3.05. The lowest BCUT2D eigenvalue weighted by molar-refractivity contribution is 0.190. The predicted molar refractivity (Wildman–Crippen MR) is 81.6 cm³/mol. The van der Waals surface area contributed by atoms with E-state index >= 15 is 0 Å². The maximum atomic E-state index is 5.75. The van der Waals surface area contributed by atoms with Crippen molar-refractivity contribution in [2.24, 2.45) is 0 Å². The molecule has 6 nitrogen and oxygen atoms in total. The minimum Gasteiger partial charge on any atom is -0.456 e. The van der Waals surface area contributed by atoms with Crippen LogP contribution < -0.4 is 5.32 Å². The SMILES string of the molecule is CCc1oc(-c2nc(C3CNCCN3C)no2)cc1C.Cl. The number of nitrogens with one attached hydrogen (secondary N) is 1. The van der Waals surface area contributed by atoms with Gasteiger partial charge in [0, 0.05) is 26.1 Å². The highest BCUT2D eigenvalue weighted by molar-refractivity contribution is 5.85. The van der Waals surface area contributed by atoms with E-state index in [1.54, 1.807) is 0 Å². The normalized spacial score (nSPS) is 19.5. The maximum Gasteiger partial charge on any atom is 0.293 e. The first-order chi connectivity index (χ1) is 9.69. The number of nitrogens with zero attached hydrogens (tertiary/aromatic N) is 3. The molecule has 0 radical (unpaired) electrons. The number of furan rings is 1. The van der Waals surface area contributed by atoms with Crippen LogP contribution in [0.15, 0.2) is 15.0 Å². The van der Waals surface area contributed by atoms with Crippen molar-refractivity contribution < 1.29 is 8.94 Å². The molecule has 3 heterocycles. The van der Waals surface area contributed by atoms with Crippen molar-refractivity contribution in [3.05, 3.63) is 23.2 Å². The van der Waals surface area contributed by atoms with Gasteiger partial charge in [0.05, 0.1) is 6.04 Å². The molecule has 0 saturated carbocycles. The van der Waals surface area contributed by atoms with E-state index in [0.29, 0.717) is 17.5 Å². The standard InChI is InChI=1S/C14H20N4O2.ClH/c1-4-11-9(2)7-12(19-11)14-16-13(17-20-14)10-8-15-5-6-18(10)3;/h7,10,15H,4-6,8H2,1-3H3;1H. The van der Waals surface area contributed by atoms with Crippen molar-refractivity contribution in [2.45, 2.75) is 26.3 Å². The number of rotatable bonds is 3. The molecule has 116 valence electrons. The van der Waals surface area contributed by atoms with Crippen LogP contribution in [-0.4, -0.2) is 41.7 Å². The van der Waals surface area contributed by atoms with Gasteiger partial charge in [0.25, 0.3) is 5.89 Å². The minimum atomic E-state index is 0. The minimum absolute atomic E-state index is 0. The van der Waals surface area contributed by atoms with Crippen LogP contribution in [0.25, 0.3) is 11.7 Å². The van der Waals surface area contributed by atoms with Gasteiger partial charge < -0.3 is 14.3 Å². The van der Waals surface area contributed by atoms with Gasteiger partial charge in [-0.2, -0.15) is 4.98 Å². The molecular formula is C14H21ClN4O2. The topological polar surface area (TPSA) is 67.3 Å². The molecule has 0 aliphatic carbocycles. The van der Waals surface area contributed by atoms with Crippen LogP contribution in [-0.2, 0) is 6.42 Å². The first-order valence-corrected chi connectivity index (χ1v) is 7.03. The first kappa shape index (κ1) is 16.0. The summed E-state index contributed by atoms with van der Waals surface area (Å²) in [6.45, 7) is 6.91. The Labute approximate surface area is 130 Å². The Hall–Kier alpha value is -1.37. The van der Waals surface area contributed by atoms with E-state index in [1.165, 1.54) is 0 Å². The molecule has 1 aliphatic heterocycles. The Bertz CT molecular complexity index is 596. The van der Waals surface area contributed by atoms with Crippen molar-refractivity contribution in [1.29, 1.82) is 0 Å². The Morgan fingerprint density at radius 2 is 2.29 bits per heavy atom. The lowest BCUT2D eigenvalue weighted by Crippen LogP contribution is -2.44. The predicted octanol–water partition coefficient (Wildman–Crippen LogP) is 2.20. The van der Waals surface area contributed by atoms with Gasteiger partial charge in [-0.3, -0.25) is 4.90 Å². The molecule has 0 aromatic carbocycles. The summed E-state index contributed by atoms with van der Waals surface area (Å²) in [5.74, 6) is 2.80. The molecule has 1 fully saturated rings. The third-order valence-corrected chi connectivity index (χ3v) is 3.80. The third-order valence-electron chi connectivity index (χ3n) is 3.80. The van der Waals surface area contributed by atoms with E-state index in [0.717, 1.165) is 37.4 Å². The Morgan fingerprint density at radius 3 is 2.95 bits per heavy atom. The van der Waals surface area contributed by atoms with Gasteiger partial charge in [-0.05, 0) is 25.6 Å². The van der Waals surface area contributed by atoms with E-state index < -0.39 is 0 Å². The number of likely N-dealkylation sites (N-methyl/N-ethyl adjacent to an activating group) is 1. The number of hydrogen-bond donors (Lipinski definition) is 1. The van der Waals surface area contributed by atoms with Gasteiger partial charge in [-0.15, -0.1) is 12.4 Å². The second-order valence-electron chi connectivity index (χ2n) is 5.23. The molecule has 0 amide bonds. The average molecular weight is 313 g/mol. The highest BCUT2D eigenvalue weighted by Crippen LogP contribution is 2.26. The van der Waals surface area contributed by atoms with E-state index in [1.807, 2.05) is 13.0 Å². The van der Waals surface area contributed by atoms with Gasteiger partial charge in [0.1, 0.15) is 5.76 Å². The number of piperazine rings is 1. The number of aryl methyl sites for hydroxylation is 2. The van der Waals surface area contributed by atoms with Gasteiger partial charge in [0.15, 0.2) is 11.6 Å². The molecule has 0 bridgehead atoms. The fraction of sp³-hybridized carbons (Fsp3) is 0.571. The summed E-state index contributed by atoms with van der Waals surface area (Å²) >= 11 is 0. The van der Waals surface area contributed by atoms with Crippen LogP contribution in [0.1, 0.15) is 30.1 Å². The zero-order valence-electron chi connectivity index (χ0n) is 12.5. The second kappa shape index (κ2) is 6.60.